The van der Waals surface area contributed by atoms with E-state index in [-0.39, 0.29) is 36.5 Å². The summed E-state index contributed by atoms with van der Waals surface area (Å²) in [6.45, 7) is 5.82. The SMILES string of the molecule is COC(=O)C(NC(=O)Cc1ccc(CC(=O)NC(C(=O)OC)[C@@H]2CN3CCC2CC3)cc1)[C@@H]1CN2CCC1CC2. The van der Waals surface area contributed by atoms with Crippen LogP contribution in [0.25, 0.3) is 0 Å². The smallest absolute Gasteiger partial charge is 0.328 e. The maximum absolute atomic E-state index is 12.9. The van der Waals surface area contributed by atoms with Gasteiger partial charge in [-0.1, -0.05) is 24.3 Å². The van der Waals surface area contributed by atoms with Crippen LogP contribution in [0.15, 0.2) is 24.3 Å². The molecular weight excluding hydrogens is 512 g/mol. The van der Waals surface area contributed by atoms with Crippen molar-refractivity contribution in [3.8, 4) is 0 Å². The first-order chi connectivity index (χ1) is 19.3. The van der Waals surface area contributed by atoms with Gasteiger partial charge in [-0.25, -0.2) is 9.59 Å². The summed E-state index contributed by atoms with van der Waals surface area (Å²) >= 11 is 0. The molecule has 6 aliphatic heterocycles. The summed E-state index contributed by atoms with van der Waals surface area (Å²) in [5, 5.41) is 5.89. The number of nitrogens with one attached hydrogen (secondary N) is 2. The first-order valence-electron chi connectivity index (χ1n) is 14.6. The number of amides is 2. The summed E-state index contributed by atoms with van der Waals surface area (Å²) < 4.78 is 10.1. The van der Waals surface area contributed by atoms with Crippen LogP contribution in [-0.2, 0) is 41.5 Å². The number of nitrogens with zero attached hydrogens (tertiary/aromatic N) is 2. The molecule has 7 rings (SSSR count). The van der Waals surface area contributed by atoms with Gasteiger partial charge >= 0.3 is 11.9 Å². The minimum atomic E-state index is -0.646. The maximum atomic E-state index is 12.9. The second-order valence-electron chi connectivity index (χ2n) is 11.9. The van der Waals surface area contributed by atoms with Gasteiger partial charge in [0.15, 0.2) is 0 Å². The van der Waals surface area contributed by atoms with Crippen LogP contribution in [0.5, 0.6) is 0 Å². The van der Waals surface area contributed by atoms with Gasteiger partial charge in [0.25, 0.3) is 0 Å². The number of carbonyl (C=O) groups is 4. The Hall–Kier alpha value is -2.98. The number of esters is 2. The molecule has 6 aliphatic rings. The first-order valence-corrected chi connectivity index (χ1v) is 14.6. The molecule has 10 heteroatoms. The molecule has 2 amide bonds. The van der Waals surface area contributed by atoms with Gasteiger partial charge in [-0.05, 0) is 74.8 Å². The van der Waals surface area contributed by atoms with E-state index in [1.165, 1.54) is 14.2 Å². The minimum Gasteiger partial charge on any atom is -0.467 e. The molecule has 6 saturated heterocycles. The summed E-state index contributed by atoms with van der Waals surface area (Å²) in [6.07, 6.45) is 4.44. The molecule has 0 spiro atoms. The fourth-order valence-corrected chi connectivity index (χ4v) is 7.31. The van der Waals surface area contributed by atoms with Crippen molar-refractivity contribution in [2.24, 2.45) is 23.7 Å². The number of hydrogen-bond donors (Lipinski definition) is 2. The predicted molar refractivity (Wildman–Crippen MR) is 147 cm³/mol. The van der Waals surface area contributed by atoms with E-state index in [0.717, 1.165) is 76.1 Å². The van der Waals surface area contributed by atoms with Crippen LogP contribution in [0.3, 0.4) is 0 Å². The Labute approximate surface area is 236 Å². The Morgan fingerprint density at radius 1 is 0.700 bits per heavy atom. The van der Waals surface area contributed by atoms with Crippen LogP contribution in [0.1, 0.15) is 36.8 Å². The number of piperidine rings is 6. The third kappa shape index (κ3) is 6.49. The normalized spacial score (nSPS) is 30.1. The molecule has 0 radical (unpaired) electrons. The van der Waals surface area contributed by atoms with Gasteiger partial charge < -0.3 is 29.9 Å². The van der Waals surface area contributed by atoms with E-state index in [4.69, 9.17) is 9.47 Å². The number of fused-ring (bicyclic) bond motifs is 6. The van der Waals surface area contributed by atoms with Crippen LogP contribution < -0.4 is 10.6 Å². The van der Waals surface area contributed by atoms with Crippen LogP contribution >= 0.6 is 0 Å². The lowest BCUT2D eigenvalue weighted by atomic mass is 9.75. The quantitative estimate of drug-likeness (QED) is 0.408. The number of methoxy groups -OCH3 is 2. The van der Waals surface area contributed by atoms with Crippen molar-refractivity contribution in [2.75, 3.05) is 53.5 Å². The Morgan fingerprint density at radius 2 is 1.05 bits per heavy atom. The zero-order valence-corrected chi connectivity index (χ0v) is 23.6. The van der Waals surface area contributed by atoms with Gasteiger partial charge in [0.1, 0.15) is 12.1 Å². The second-order valence-corrected chi connectivity index (χ2v) is 11.9. The number of hydrogen-bond acceptors (Lipinski definition) is 8. The molecule has 10 nitrogen and oxygen atoms in total. The van der Waals surface area contributed by atoms with E-state index in [1.807, 2.05) is 24.3 Å². The van der Waals surface area contributed by atoms with E-state index >= 15 is 0 Å². The molecular formula is C30H42N4O6. The molecule has 6 heterocycles. The van der Waals surface area contributed by atoms with Crippen LogP contribution in [0.2, 0.25) is 0 Å². The van der Waals surface area contributed by atoms with Gasteiger partial charge in [0, 0.05) is 24.9 Å². The molecule has 2 unspecified atom stereocenters. The zero-order chi connectivity index (χ0) is 28.2. The van der Waals surface area contributed by atoms with Gasteiger partial charge in [-0.3, -0.25) is 9.59 Å². The monoisotopic (exact) mass is 554 g/mol. The average molecular weight is 555 g/mol. The highest BCUT2D eigenvalue weighted by molar-refractivity contribution is 5.87. The molecule has 0 aliphatic carbocycles. The van der Waals surface area contributed by atoms with Crippen molar-refractivity contribution in [1.82, 2.24) is 20.4 Å². The number of benzene rings is 1. The Balaban J connectivity index is 1.15. The van der Waals surface area contributed by atoms with Gasteiger partial charge in [-0.2, -0.15) is 0 Å². The lowest BCUT2D eigenvalue weighted by Gasteiger charge is -2.46. The summed E-state index contributed by atoms with van der Waals surface area (Å²) in [5.41, 5.74) is 1.58. The van der Waals surface area contributed by atoms with Crippen LogP contribution in [0.4, 0.5) is 0 Å². The fourth-order valence-electron chi connectivity index (χ4n) is 7.31. The fraction of sp³-hybridized carbons (Fsp3) is 0.667. The summed E-state index contributed by atoms with van der Waals surface area (Å²) in [4.78, 5) is 55.7. The molecule has 1 aromatic carbocycles. The molecule has 4 bridgehead atoms. The minimum absolute atomic E-state index is 0.0644. The highest BCUT2D eigenvalue weighted by Gasteiger charge is 2.43. The first kappa shape index (κ1) is 28.5. The van der Waals surface area contributed by atoms with E-state index in [2.05, 4.69) is 20.4 Å². The number of carbonyl (C=O) groups excluding carboxylic acids is 4. The largest absolute Gasteiger partial charge is 0.467 e. The van der Waals surface area contributed by atoms with Crippen molar-refractivity contribution >= 4 is 23.8 Å². The van der Waals surface area contributed by atoms with E-state index in [1.54, 1.807) is 0 Å². The van der Waals surface area contributed by atoms with Gasteiger partial charge in [0.2, 0.25) is 11.8 Å². The molecule has 218 valence electrons. The predicted octanol–water partition coefficient (Wildman–Crippen LogP) is 0.771. The molecule has 6 fully saturated rings. The zero-order valence-electron chi connectivity index (χ0n) is 23.6. The lowest BCUT2D eigenvalue weighted by Crippen LogP contribution is -2.58. The molecule has 0 saturated carbocycles. The van der Waals surface area contributed by atoms with Gasteiger partial charge in [0.05, 0.1) is 27.1 Å². The van der Waals surface area contributed by atoms with Crippen molar-refractivity contribution < 1.29 is 28.7 Å². The Kier molecular flexibility index (Phi) is 9.05. The summed E-state index contributed by atoms with van der Waals surface area (Å²) in [7, 11) is 2.73. The molecule has 1 aromatic rings. The van der Waals surface area contributed by atoms with Crippen molar-refractivity contribution in [1.29, 1.82) is 0 Å². The van der Waals surface area contributed by atoms with Crippen LogP contribution in [-0.4, -0.2) is 99.1 Å². The lowest BCUT2D eigenvalue weighted by molar-refractivity contribution is -0.149. The van der Waals surface area contributed by atoms with Crippen LogP contribution in [0, 0.1) is 23.7 Å². The number of rotatable bonds is 10. The third-order valence-corrected chi connectivity index (χ3v) is 9.57. The topological polar surface area (TPSA) is 117 Å². The number of ether oxygens (including phenoxy) is 2. The second kappa shape index (κ2) is 12.7. The van der Waals surface area contributed by atoms with Crippen molar-refractivity contribution in [3.05, 3.63) is 35.4 Å². The van der Waals surface area contributed by atoms with E-state index < -0.39 is 24.0 Å². The third-order valence-electron chi connectivity index (χ3n) is 9.57. The summed E-state index contributed by atoms with van der Waals surface area (Å²) in [5.74, 6) is -0.265. The van der Waals surface area contributed by atoms with E-state index in [9.17, 15) is 19.2 Å². The Morgan fingerprint density at radius 3 is 1.32 bits per heavy atom. The molecule has 0 aromatic heterocycles. The highest BCUT2D eigenvalue weighted by Crippen LogP contribution is 2.35. The molecule has 2 N–H and O–H groups in total. The Bertz CT molecular complexity index is 993. The average Bonchev–Trinajstić information content (AvgIpc) is 3.00. The summed E-state index contributed by atoms with van der Waals surface area (Å²) in [6, 6.07) is 6.02. The highest BCUT2D eigenvalue weighted by atomic mass is 16.5. The van der Waals surface area contributed by atoms with Crippen molar-refractivity contribution in [3.63, 3.8) is 0 Å². The van der Waals surface area contributed by atoms with Gasteiger partial charge in [-0.15, -0.1) is 0 Å². The molecule has 40 heavy (non-hydrogen) atoms. The van der Waals surface area contributed by atoms with E-state index in [0.29, 0.717) is 11.8 Å². The maximum Gasteiger partial charge on any atom is 0.328 e. The molecule has 4 atom stereocenters. The van der Waals surface area contributed by atoms with Crippen molar-refractivity contribution in [2.45, 2.75) is 50.6 Å². The standard InChI is InChI=1S/C30H42N4O6/c1-39-29(37)27(23-17-33-11-7-21(23)8-12-33)31-25(35)15-19-3-5-20(6-4-19)16-26(36)32-28(30(38)40-2)24-18-34-13-9-22(24)10-14-34/h3-6,21-24,27-28H,7-18H2,1-2H3,(H,31,35)(H,32,36)/t23-,24-,27?,28?/m1/s1.